The lowest BCUT2D eigenvalue weighted by atomic mass is 9.95. The number of aliphatic hydroxyl groups is 1. The SMILES string of the molecule is Cc1cc(-c2nc3cc(CC[C@H](C(=O)OCC(C)C)[C@@H](C)O)ccc3n2C(C)C)cn(C)c1=O. The second-order valence-corrected chi connectivity index (χ2v) is 9.96. The van der Waals surface area contributed by atoms with Crippen molar-refractivity contribution in [3.8, 4) is 11.4 Å². The van der Waals surface area contributed by atoms with Crippen LogP contribution in [0.3, 0.4) is 0 Å². The van der Waals surface area contributed by atoms with Crippen LogP contribution in [0.25, 0.3) is 22.4 Å². The molecule has 0 saturated heterocycles. The molecule has 34 heavy (non-hydrogen) atoms. The Kier molecular flexibility index (Phi) is 7.97. The average molecular weight is 468 g/mol. The normalized spacial score (nSPS) is 13.6. The molecule has 3 rings (SSSR count). The molecule has 184 valence electrons. The zero-order valence-corrected chi connectivity index (χ0v) is 21.3. The van der Waals surface area contributed by atoms with E-state index in [4.69, 9.17) is 9.72 Å². The number of aliphatic hydroxyl groups excluding tert-OH is 1. The highest BCUT2D eigenvalue weighted by Gasteiger charge is 2.25. The van der Waals surface area contributed by atoms with E-state index in [0.29, 0.717) is 25.0 Å². The van der Waals surface area contributed by atoms with Crippen LogP contribution in [-0.4, -0.2) is 37.9 Å². The molecular weight excluding hydrogens is 430 g/mol. The summed E-state index contributed by atoms with van der Waals surface area (Å²) in [7, 11) is 1.75. The van der Waals surface area contributed by atoms with Crippen LogP contribution in [0.4, 0.5) is 0 Å². The Morgan fingerprint density at radius 2 is 1.85 bits per heavy atom. The fourth-order valence-electron chi connectivity index (χ4n) is 4.26. The van der Waals surface area contributed by atoms with Crippen LogP contribution in [0.2, 0.25) is 0 Å². The quantitative estimate of drug-likeness (QED) is 0.471. The van der Waals surface area contributed by atoms with Crippen molar-refractivity contribution in [2.24, 2.45) is 18.9 Å². The first-order valence-corrected chi connectivity index (χ1v) is 12.0. The minimum atomic E-state index is -0.775. The first-order valence-electron chi connectivity index (χ1n) is 12.0. The molecule has 0 aliphatic heterocycles. The molecule has 7 nitrogen and oxygen atoms in total. The molecule has 0 saturated carbocycles. The summed E-state index contributed by atoms with van der Waals surface area (Å²) in [6.07, 6.45) is 2.18. The molecular formula is C27H37N3O4. The third kappa shape index (κ3) is 5.58. The minimum Gasteiger partial charge on any atom is -0.465 e. The first kappa shape index (κ1) is 25.7. The van der Waals surface area contributed by atoms with Gasteiger partial charge >= 0.3 is 5.97 Å². The van der Waals surface area contributed by atoms with Gasteiger partial charge in [-0.3, -0.25) is 9.59 Å². The molecule has 7 heteroatoms. The van der Waals surface area contributed by atoms with Crippen LogP contribution in [0.15, 0.2) is 35.3 Å². The fraction of sp³-hybridized carbons (Fsp3) is 0.519. The number of imidazole rings is 1. The lowest BCUT2D eigenvalue weighted by Crippen LogP contribution is -2.29. The van der Waals surface area contributed by atoms with E-state index >= 15 is 0 Å². The van der Waals surface area contributed by atoms with Crippen molar-refractivity contribution in [2.45, 2.75) is 66.5 Å². The Morgan fingerprint density at radius 1 is 1.15 bits per heavy atom. The molecule has 0 aliphatic carbocycles. The number of hydrogen-bond donors (Lipinski definition) is 1. The summed E-state index contributed by atoms with van der Waals surface area (Å²) in [4.78, 5) is 29.6. The van der Waals surface area contributed by atoms with Crippen LogP contribution >= 0.6 is 0 Å². The van der Waals surface area contributed by atoms with E-state index in [1.54, 1.807) is 18.5 Å². The molecule has 3 aromatic rings. The Hall–Kier alpha value is -2.93. The maximum Gasteiger partial charge on any atom is 0.311 e. The summed E-state index contributed by atoms with van der Waals surface area (Å²) in [5.74, 6) is 0.162. The number of hydrogen-bond acceptors (Lipinski definition) is 5. The lowest BCUT2D eigenvalue weighted by Gasteiger charge is -2.19. The van der Waals surface area contributed by atoms with Crippen LogP contribution < -0.4 is 5.56 Å². The third-order valence-electron chi connectivity index (χ3n) is 6.08. The fourth-order valence-corrected chi connectivity index (χ4v) is 4.26. The van der Waals surface area contributed by atoms with Crippen molar-refractivity contribution in [2.75, 3.05) is 6.61 Å². The molecule has 2 atom stereocenters. The van der Waals surface area contributed by atoms with E-state index in [1.807, 2.05) is 39.1 Å². The molecule has 1 aromatic carbocycles. The van der Waals surface area contributed by atoms with Crippen molar-refractivity contribution in [1.82, 2.24) is 14.1 Å². The van der Waals surface area contributed by atoms with Crippen molar-refractivity contribution >= 4 is 17.0 Å². The monoisotopic (exact) mass is 467 g/mol. The molecule has 0 unspecified atom stereocenters. The summed E-state index contributed by atoms with van der Waals surface area (Å²) in [6.45, 7) is 12.0. The van der Waals surface area contributed by atoms with Gasteiger partial charge in [0.2, 0.25) is 0 Å². The molecule has 0 bridgehead atoms. The van der Waals surface area contributed by atoms with Crippen molar-refractivity contribution < 1.29 is 14.6 Å². The summed E-state index contributed by atoms with van der Waals surface area (Å²) in [6, 6.07) is 8.23. The Balaban J connectivity index is 1.91. The predicted molar refractivity (Wildman–Crippen MR) is 135 cm³/mol. The smallest absolute Gasteiger partial charge is 0.311 e. The second kappa shape index (κ2) is 10.6. The first-order chi connectivity index (χ1) is 16.0. The van der Waals surface area contributed by atoms with Gasteiger partial charge in [0.05, 0.1) is 29.7 Å². The van der Waals surface area contributed by atoms with E-state index in [2.05, 4.69) is 30.5 Å². The summed E-state index contributed by atoms with van der Waals surface area (Å²) in [5, 5.41) is 10.1. The van der Waals surface area contributed by atoms with Gasteiger partial charge in [-0.1, -0.05) is 19.9 Å². The van der Waals surface area contributed by atoms with Gasteiger partial charge in [0.15, 0.2) is 0 Å². The molecule has 2 aromatic heterocycles. The number of nitrogens with zero attached hydrogens (tertiary/aromatic N) is 3. The number of esters is 1. The number of fused-ring (bicyclic) bond motifs is 1. The van der Waals surface area contributed by atoms with Crippen molar-refractivity contribution in [3.05, 3.63) is 51.9 Å². The molecule has 0 spiro atoms. The Morgan fingerprint density at radius 3 is 2.44 bits per heavy atom. The summed E-state index contributed by atoms with van der Waals surface area (Å²) in [5.41, 5.74) is 4.49. The zero-order valence-electron chi connectivity index (χ0n) is 21.3. The summed E-state index contributed by atoms with van der Waals surface area (Å²) >= 11 is 0. The van der Waals surface area contributed by atoms with E-state index < -0.39 is 12.0 Å². The van der Waals surface area contributed by atoms with Crippen molar-refractivity contribution in [1.29, 1.82) is 0 Å². The number of aryl methyl sites for hydroxylation is 3. The molecule has 0 amide bonds. The number of ether oxygens (including phenoxy) is 1. The highest BCUT2D eigenvalue weighted by atomic mass is 16.5. The van der Waals surface area contributed by atoms with Gasteiger partial charge in [-0.2, -0.15) is 0 Å². The van der Waals surface area contributed by atoms with Gasteiger partial charge in [-0.25, -0.2) is 4.98 Å². The van der Waals surface area contributed by atoms with E-state index in [-0.39, 0.29) is 23.5 Å². The number of carbonyl (C=O) groups excluding carboxylic acids is 1. The zero-order chi connectivity index (χ0) is 25.2. The van der Waals surface area contributed by atoms with E-state index in [1.165, 1.54) is 0 Å². The highest BCUT2D eigenvalue weighted by Crippen LogP contribution is 2.29. The Bertz CT molecular complexity index is 1190. The van der Waals surface area contributed by atoms with Crippen molar-refractivity contribution in [3.63, 3.8) is 0 Å². The molecule has 1 N–H and O–H groups in total. The molecule has 0 radical (unpaired) electrons. The van der Waals surface area contributed by atoms with Crippen LogP contribution in [0.1, 0.15) is 58.2 Å². The number of carbonyl (C=O) groups is 1. The van der Waals surface area contributed by atoms with Gasteiger partial charge < -0.3 is 19.0 Å². The van der Waals surface area contributed by atoms with E-state index in [0.717, 1.165) is 28.0 Å². The highest BCUT2D eigenvalue weighted by molar-refractivity contribution is 5.81. The number of aromatic nitrogens is 3. The largest absolute Gasteiger partial charge is 0.465 e. The third-order valence-corrected chi connectivity index (χ3v) is 6.08. The molecule has 0 fully saturated rings. The predicted octanol–water partition coefficient (Wildman–Crippen LogP) is 4.42. The maximum atomic E-state index is 12.5. The van der Waals surface area contributed by atoms with E-state index in [9.17, 15) is 14.7 Å². The average Bonchev–Trinajstić information content (AvgIpc) is 3.14. The molecule has 0 aliphatic rings. The van der Waals surface area contributed by atoms with Crippen LogP contribution in [0.5, 0.6) is 0 Å². The van der Waals surface area contributed by atoms with Crippen LogP contribution in [0, 0.1) is 18.8 Å². The molecule has 2 heterocycles. The number of pyridine rings is 1. The minimum absolute atomic E-state index is 0.0159. The van der Waals surface area contributed by atoms with Gasteiger partial charge in [-0.05, 0) is 70.2 Å². The van der Waals surface area contributed by atoms with Gasteiger partial charge in [0, 0.05) is 30.4 Å². The van der Waals surface area contributed by atoms with Crippen LogP contribution in [-0.2, 0) is 23.0 Å². The maximum absolute atomic E-state index is 12.5. The van der Waals surface area contributed by atoms with Gasteiger partial charge in [0.25, 0.3) is 5.56 Å². The Labute approximate surface area is 201 Å². The number of benzene rings is 1. The summed E-state index contributed by atoms with van der Waals surface area (Å²) < 4.78 is 9.14. The standard InChI is InChI=1S/C27H37N3O4/c1-16(2)15-34-27(33)22(19(6)31)10-8-20-9-11-24-23(13-20)28-25(30(24)17(3)4)21-12-18(5)26(32)29(7)14-21/h9,11-14,16-17,19,22,31H,8,10,15H2,1-7H3/t19-,22+/m1/s1. The second-order valence-electron chi connectivity index (χ2n) is 9.96. The lowest BCUT2D eigenvalue weighted by molar-refractivity contribution is -0.153. The van der Waals surface area contributed by atoms with Gasteiger partial charge in [0.1, 0.15) is 5.82 Å². The van der Waals surface area contributed by atoms with Gasteiger partial charge in [-0.15, -0.1) is 0 Å². The number of rotatable bonds is 9. The topological polar surface area (TPSA) is 86.3 Å².